The molecule has 4 rings (SSSR count). The van der Waals surface area contributed by atoms with Crippen molar-refractivity contribution < 1.29 is 19.1 Å². The van der Waals surface area contributed by atoms with Crippen LogP contribution in [-0.4, -0.2) is 60.4 Å². The first kappa shape index (κ1) is 16.1. The molecule has 2 aliphatic rings. The molecule has 1 aromatic carbocycles. The van der Waals surface area contributed by atoms with Crippen molar-refractivity contribution >= 4 is 23.8 Å². The zero-order valence-electron chi connectivity index (χ0n) is 13.9. The monoisotopic (exact) mass is 355 g/mol. The van der Waals surface area contributed by atoms with E-state index in [1.54, 1.807) is 35.2 Å². The van der Waals surface area contributed by atoms with Crippen molar-refractivity contribution in [2.45, 2.75) is 0 Å². The van der Waals surface area contributed by atoms with E-state index in [4.69, 9.17) is 9.47 Å². The van der Waals surface area contributed by atoms with Crippen LogP contribution in [0.4, 0.5) is 11.5 Å². The average molecular weight is 355 g/mol. The van der Waals surface area contributed by atoms with Gasteiger partial charge in [0.2, 0.25) is 13.2 Å². The number of anilines is 2. The largest absolute Gasteiger partial charge is 0.454 e. The lowest BCUT2D eigenvalue weighted by Gasteiger charge is -2.32. The number of hydrogen-bond donors (Lipinski definition) is 1. The van der Waals surface area contributed by atoms with Crippen molar-refractivity contribution in [1.82, 2.24) is 15.1 Å². The summed E-state index contributed by atoms with van der Waals surface area (Å²) >= 11 is 0. The second-order valence-corrected chi connectivity index (χ2v) is 5.93. The number of benzene rings is 1. The molecule has 2 aromatic rings. The summed E-state index contributed by atoms with van der Waals surface area (Å²) in [6, 6.07) is 8.58. The number of carbonyl (C=O) groups excluding carboxylic acids is 2. The molecule has 9 heteroatoms. The number of ether oxygens (including phenoxy) is 2. The van der Waals surface area contributed by atoms with Crippen LogP contribution in [0.1, 0.15) is 10.5 Å². The zero-order valence-corrected chi connectivity index (χ0v) is 13.9. The second-order valence-electron chi connectivity index (χ2n) is 5.93. The molecule has 0 unspecified atom stereocenters. The summed E-state index contributed by atoms with van der Waals surface area (Å²) in [6.45, 7) is 2.86. The van der Waals surface area contributed by atoms with Crippen LogP contribution in [0.5, 0.6) is 11.5 Å². The van der Waals surface area contributed by atoms with Crippen molar-refractivity contribution in [3.05, 3.63) is 36.0 Å². The third-order valence-electron chi connectivity index (χ3n) is 4.30. The highest BCUT2D eigenvalue weighted by Crippen LogP contribution is 2.34. The summed E-state index contributed by atoms with van der Waals surface area (Å²) in [5.74, 6) is 1.59. The Morgan fingerprint density at radius 1 is 1.04 bits per heavy atom. The number of hydrogen-bond acceptors (Lipinski definition) is 7. The van der Waals surface area contributed by atoms with Gasteiger partial charge in [0.15, 0.2) is 23.0 Å². The molecule has 9 nitrogen and oxygen atoms in total. The molecule has 0 aliphatic carbocycles. The van der Waals surface area contributed by atoms with Crippen molar-refractivity contribution in [3.8, 4) is 11.5 Å². The van der Waals surface area contributed by atoms with E-state index in [1.165, 1.54) is 0 Å². The highest BCUT2D eigenvalue weighted by atomic mass is 16.7. The number of aromatic nitrogens is 2. The molecule has 26 heavy (non-hydrogen) atoms. The summed E-state index contributed by atoms with van der Waals surface area (Å²) in [6.07, 6.45) is 0.854. The van der Waals surface area contributed by atoms with Crippen LogP contribution in [0.3, 0.4) is 0 Å². The van der Waals surface area contributed by atoms with Crippen molar-refractivity contribution in [1.29, 1.82) is 0 Å². The van der Waals surface area contributed by atoms with Gasteiger partial charge in [-0.2, -0.15) is 0 Å². The maximum absolute atomic E-state index is 12.3. The normalized spacial score (nSPS) is 15.7. The van der Waals surface area contributed by atoms with Gasteiger partial charge >= 0.3 is 0 Å². The number of amides is 2. The molecule has 0 saturated carbocycles. The van der Waals surface area contributed by atoms with E-state index in [2.05, 4.69) is 15.5 Å². The minimum atomic E-state index is -0.353. The average Bonchev–Trinajstić information content (AvgIpc) is 3.16. The van der Waals surface area contributed by atoms with Gasteiger partial charge in [-0.05, 0) is 24.3 Å². The van der Waals surface area contributed by atoms with Crippen LogP contribution in [-0.2, 0) is 4.79 Å². The lowest BCUT2D eigenvalue weighted by atomic mass is 10.2. The first-order valence-electron chi connectivity index (χ1n) is 8.22. The molecular weight excluding hydrogens is 338 g/mol. The molecule has 2 amide bonds. The standard InChI is InChI=1S/C17H17N5O4/c23-10-21-5-7-22(8-6-21)16-4-2-13(19-20-16)17(24)18-12-1-3-14-15(9-12)26-11-25-14/h1-4,9-10H,5-8,11H2,(H,18,24). The van der Waals surface area contributed by atoms with E-state index >= 15 is 0 Å². The number of nitrogens with one attached hydrogen (secondary N) is 1. The van der Waals surface area contributed by atoms with Gasteiger partial charge in [-0.1, -0.05) is 0 Å². The number of fused-ring (bicyclic) bond motifs is 1. The van der Waals surface area contributed by atoms with E-state index in [0.29, 0.717) is 49.2 Å². The lowest BCUT2D eigenvalue weighted by Crippen LogP contribution is -2.46. The summed E-state index contributed by atoms with van der Waals surface area (Å²) in [5, 5.41) is 10.9. The highest BCUT2D eigenvalue weighted by Gasteiger charge is 2.18. The highest BCUT2D eigenvalue weighted by molar-refractivity contribution is 6.03. The molecule has 0 atom stereocenters. The first-order chi connectivity index (χ1) is 12.7. The third kappa shape index (κ3) is 3.23. The Balaban J connectivity index is 1.40. The molecule has 0 radical (unpaired) electrons. The number of nitrogens with zero attached hydrogens (tertiary/aromatic N) is 4. The van der Waals surface area contributed by atoms with E-state index in [0.717, 1.165) is 6.41 Å². The van der Waals surface area contributed by atoms with Crippen LogP contribution in [0.25, 0.3) is 0 Å². The Bertz CT molecular complexity index is 818. The molecule has 1 N–H and O–H groups in total. The summed E-state index contributed by atoms with van der Waals surface area (Å²) in [7, 11) is 0. The Morgan fingerprint density at radius 2 is 1.85 bits per heavy atom. The molecule has 0 spiro atoms. The SMILES string of the molecule is O=CN1CCN(c2ccc(C(=O)Nc3ccc4c(c3)OCO4)nn2)CC1. The van der Waals surface area contributed by atoms with E-state index < -0.39 is 0 Å². The van der Waals surface area contributed by atoms with Gasteiger partial charge in [0.25, 0.3) is 5.91 Å². The molecule has 3 heterocycles. The van der Waals surface area contributed by atoms with Gasteiger partial charge < -0.3 is 24.6 Å². The minimum absolute atomic E-state index is 0.181. The van der Waals surface area contributed by atoms with Gasteiger partial charge in [-0.15, -0.1) is 10.2 Å². The minimum Gasteiger partial charge on any atom is -0.454 e. The molecule has 2 aliphatic heterocycles. The Labute approximate surface area is 149 Å². The predicted molar refractivity (Wildman–Crippen MR) is 92.4 cm³/mol. The summed E-state index contributed by atoms with van der Waals surface area (Å²) in [5.41, 5.74) is 0.813. The van der Waals surface area contributed by atoms with Gasteiger partial charge in [0.1, 0.15) is 0 Å². The Kier molecular flexibility index (Phi) is 4.26. The van der Waals surface area contributed by atoms with E-state index in [1.807, 2.05) is 4.90 Å². The molecule has 1 saturated heterocycles. The lowest BCUT2D eigenvalue weighted by molar-refractivity contribution is -0.118. The zero-order chi connectivity index (χ0) is 17.9. The van der Waals surface area contributed by atoms with Gasteiger partial charge in [0, 0.05) is 37.9 Å². The molecule has 0 bridgehead atoms. The van der Waals surface area contributed by atoms with E-state index in [-0.39, 0.29) is 18.4 Å². The van der Waals surface area contributed by atoms with Crippen molar-refractivity contribution in [2.75, 3.05) is 43.2 Å². The molecule has 1 aromatic heterocycles. The maximum atomic E-state index is 12.3. The second kappa shape index (κ2) is 6.87. The fraction of sp³-hybridized carbons (Fsp3) is 0.294. The fourth-order valence-electron chi connectivity index (χ4n) is 2.84. The van der Waals surface area contributed by atoms with E-state index in [9.17, 15) is 9.59 Å². The van der Waals surface area contributed by atoms with Crippen LogP contribution < -0.4 is 19.7 Å². The smallest absolute Gasteiger partial charge is 0.276 e. The van der Waals surface area contributed by atoms with Gasteiger partial charge in [-0.25, -0.2) is 0 Å². The summed E-state index contributed by atoms with van der Waals surface area (Å²) in [4.78, 5) is 26.8. The summed E-state index contributed by atoms with van der Waals surface area (Å²) < 4.78 is 10.5. The van der Waals surface area contributed by atoms with Crippen LogP contribution in [0, 0.1) is 0 Å². The topological polar surface area (TPSA) is 96.9 Å². The predicted octanol–water partition coefficient (Wildman–Crippen LogP) is 0.736. The quantitative estimate of drug-likeness (QED) is 0.808. The van der Waals surface area contributed by atoms with Gasteiger partial charge in [-0.3, -0.25) is 9.59 Å². The molecule has 1 fully saturated rings. The number of carbonyl (C=O) groups is 2. The van der Waals surface area contributed by atoms with Gasteiger partial charge in [0.05, 0.1) is 0 Å². The van der Waals surface area contributed by atoms with Crippen LogP contribution >= 0.6 is 0 Å². The molecular formula is C17H17N5O4. The Hall–Kier alpha value is -3.36. The Morgan fingerprint density at radius 3 is 2.58 bits per heavy atom. The van der Waals surface area contributed by atoms with Crippen molar-refractivity contribution in [3.63, 3.8) is 0 Å². The third-order valence-corrected chi connectivity index (χ3v) is 4.30. The van der Waals surface area contributed by atoms with Crippen molar-refractivity contribution in [2.24, 2.45) is 0 Å². The van der Waals surface area contributed by atoms with Crippen LogP contribution in [0.2, 0.25) is 0 Å². The van der Waals surface area contributed by atoms with Crippen LogP contribution in [0.15, 0.2) is 30.3 Å². The molecule has 134 valence electrons. The number of rotatable bonds is 4. The first-order valence-corrected chi connectivity index (χ1v) is 8.22. The number of piperazine rings is 1. The maximum Gasteiger partial charge on any atom is 0.276 e. The fourth-order valence-corrected chi connectivity index (χ4v) is 2.84.